The highest BCUT2D eigenvalue weighted by Crippen LogP contribution is 2.20. The van der Waals surface area contributed by atoms with Crippen molar-refractivity contribution in [1.82, 2.24) is 14.9 Å². The van der Waals surface area contributed by atoms with Crippen LogP contribution in [0.4, 0.5) is 26.2 Å². The van der Waals surface area contributed by atoms with Gasteiger partial charge in [-0.1, -0.05) is 0 Å². The number of hydrogen-bond donors (Lipinski definition) is 1. The maximum atomic E-state index is 13.3. The average Bonchev–Trinajstić information content (AvgIpc) is 2.58. The van der Waals surface area contributed by atoms with Crippen molar-refractivity contribution in [2.45, 2.75) is 6.92 Å². The largest absolute Gasteiger partial charge is 0.342 e. The molecule has 1 aliphatic heterocycles. The van der Waals surface area contributed by atoms with E-state index in [2.05, 4.69) is 15.3 Å². The van der Waals surface area contributed by atoms with Crippen LogP contribution in [0.25, 0.3) is 0 Å². The molecule has 0 radical (unpaired) electrons. The first-order valence-corrected chi connectivity index (χ1v) is 7.57. The minimum absolute atomic E-state index is 0.406. The Kier molecular flexibility index (Phi) is 4.54. The molecule has 0 spiro atoms. The molecule has 1 N–H and O–H groups in total. The Morgan fingerprint density at radius 3 is 2.50 bits per heavy atom. The SMILES string of the molecule is Cc1cc(Nc2ccc(F)c(F)c2)nc(N2CCN(C=O)CC2)n1. The predicted octanol–water partition coefficient (Wildman–Crippen LogP) is 2.09. The number of nitrogens with zero attached hydrogens (tertiary/aromatic N) is 4. The highest BCUT2D eigenvalue weighted by molar-refractivity contribution is 5.58. The van der Waals surface area contributed by atoms with Crippen LogP contribution in [0, 0.1) is 18.6 Å². The lowest BCUT2D eigenvalue weighted by atomic mass is 10.3. The van der Waals surface area contributed by atoms with Crippen molar-refractivity contribution < 1.29 is 13.6 Å². The number of halogens is 2. The number of rotatable bonds is 4. The number of carbonyl (C=O) groups is 1. The van der Waals surface area contributed by atoms with Crippen molar-refractivity contribution in [1.29, 1.82) is 0 Å². The normalized spacial score (nSPS) is 14.6. The van der Waals surface area contributed by atoms with Crippen molar-refractivity contribution in [2.75, 3.05) is 36.4 Å². The lowest BCUT2D eigenvalue weighted by Gasteiger charge is -2.32. The molecule has 2 heterocycles. The first-order valence-electron chi connectivity index (χ1n) is 7.57. The predicted molar refractivity (Wildman–Crippen MR) is 86.3 cm³/mol. The van der Waals surface area contributed by atoms with Gasteiger partial charge in [-0.25, -0.2) is 13.8 Å². The fourth-order valence-corrected chi connectivity index (χ4v) is 2.51. The molecule has 1 aromatic carbocycles. The zero-order valence-corrected chi connectivity index (χ0v) is 13.2. The third kappa shape index (κ3) is 3.58. The van der Waals surface area contributed by atoms with Crippen LogP contribution in [-0.4, -0.2) is 47.5 Å². The molecule has 126 valence electrons. The van der Waals surface area contributed by atoms with Gasteiger partial charge in [-0.15, -0.1) is 0 Å². The van der Waals surface area contributed by atoms with Crippen LogP contribution < -0.4 is 10.2 Å². The van der Waals surface area contributed by atoms with E-state index in [1.165, 1.54) is 6.07 Å². The number of aromatic nitrogens is 2. The van der Waals surface area contributed by atoms with Gasteiger partial charge >= 0.3 is 0 Å². The summed E-state index contributed by atoms with van der Waals surface area (Å²) < 4.78 is 26.3. The Hall–Kier alpha value is -2.77. The first kappa shape index (κ1) is 16.1. The molecule has 1 amide bonds. The number of anilines is 3. The van der Waals surface area contributed by atoms with Crippen LogP contribution in [0.1, 0.15) is 5.69 Å². The highest BCUT2D eigenvalue weighted by atomic mass is 19.2. The maximum Gasteiger partial charge on any atom is 0.227 e. The Bertz CT molecular complexity index is 747. The third-order valence-corrected chi connectivity index (χ3v) is 3.78. The number of benzene rings is 1. The molecule has 2 aromatic rings. The minimum atomic E-state index is -0.920. The standard InChI is InChI=1S/C16H17F2N5O/c1-11-8-15(20-12-2-3-13(17)14(18)9-12)21-16(19-11)23-6-4-22(10-24)5-7-23/h2-3,8-10H,4-7H2,1H3,(H,19,20,21). The number of piperazine rings is 1. The second-order valence-electron chi connectivity index (χ2n) is 5.58. The van der Waals surface area contributed by atoms with Crippen molar-refractivity contribution in [2.24, 2.45) is 0 Å². The van der Waals surface area contributed by atoms with Crippen molar-refractivity contribution in [3.63, 3.8) is 0 Å². The maximum absolute atomic E-state index is 13.3. The zero-order valence-electron chi connectivity index (χ0n) is 13.2. The Morgan fingerprint density at radius 2 is 1.83 bits per heavy atom. The quantitative estimate of drug-likeness (QED) is 0.868. The first-order chi connectivity index (χ1) is 11.5. The molecule has 1 fully saturated rings. The van der Waals surface area contributed by atoms with E-state index < -0.39 is 11.6 Å². The Labute approximate surface area is 138 Å². The van der Waals surface area contributed by atoms with Crippen LogP contribution in [0.5, 0.6) is 0 Å². The lowest BCUT2D eigenvalue weighted by molar-refractivity contribution is -0.118. The minimum Gasteiger partial charge on any atom is -0.342 e. The Balaban J connectivity index is 1.78. The monoisotopic (exact) mass is 333 g/mol. The van der Waals surface area contributed by atoms with Gasteiger partial charge < -0.3 is 15.1 Å². The number of carbonyl (C=O) groups excluding carboxylic acids is 1. The molecule has 8 heteroatoms. The summed E-state index contributed by atoms with van der Waals surface area (Å²) in [5, 5.41) is 2.96. The summed E-state index contributed by atoms with van der Waals surface area (Å²) >= 11 is 0. The van der Waals surface area contributed by atoms with E-state index in [9.17, 15) is 13.6 Å². The van der Waals surface area contributed by atoms with Gasteiger partial charge in [0.2, 0.25) is 12.4 Å². The van der Waals surface area contributed by atoms with Crippen LogP contribution >= 0.6 is 0 Å². The van der Waals surface area contributed by atoms with Gasteiger partial charge in [0.25, 0.3) is 0 Å². The van der Waals surface area contributed by atoms with Crippen LogP contribution in [0.2, 0.25) is 0 Å². The molecule has 0 unspecified atom stereocenters. The second-order valence-corrected chi connectivity index (χ2v) is 5.58. The summed E-state index contributed by atoms with van der Waals surface area (Å²) in [6, 6.07) is 5.31. The molecular weight excluding hydrogens is 316 g/mol. The smallest absolute Gasteiger partial charge is 0.227 e. The number of aryl methyl sites for hydroxylation is 1. The zero-order chi connectivity index (χ0) is 17.1. The van der Waals surface area contributed by atoms with E-state index in [1.54, 1.807) is 11.0 Å². The van der Waals surface area contributed by atoms with Crippen molar-refractivity contribution in [3.8, 4) is 0 Å². The summed E-state index contributed by atoms with van der Waals surface area (Å²) in [5.74, 6) is -0.767. The van der Waals surface area contributed by atoms with Gasteiger partial charge in [-0.3, -0.25) is 4.79 Å². The van der Waals surface area contributed by atoms with Gasteiger partial charge in [0.05, 0.1) is 0 Å². The fourth-order valence-electron chi connectivity index (χ4n) is 2.51. The van der Waals surface area contributed by atoms with E-state index in [0.717, 1.165) is 24.2 Å². The highest BCUT2D eigenvalue weighted by Gasteiger charge is 2.18. The van der Waals surface area contributed by atoms with E-state index in [0.29, 0.717) is 43.6 Å². The lowest BCUT2D eigenvalue weighted by Crippen LogP contribution is -2.46. The molecule has 6 nitrogen and oxygen atoms in total. The van der Waals surface area contributed by atoms with E-state index >= 15 is 0 Å². The molecule has 1 saturated heterocycles. The van der Waals surface area contributed by atoms with E-state index in [1.807, 2.05) is 11.8 Å². The molecule has 1 aliphatic rings. The number of amides is 1. The second kappa shape index (κ2) is 6.77. The number of nitrogens with one attached hydrogen (secondary N) is 1. The molecule has 0 atom stereocenters. The van der Waals surface area contributed by atoms with Gasteiger partial charge in [-0.2, -0.15) is 4.98 Å². The van der Waals surface area contributed by atoms with Gasteiger partial charge in [-0.05, 0) is 19.1 Å². The Morgan fingerprint density at radius 1 is 1.08 bits per heavy atom. The third-order valence-electron chi connectivity index (χ3n) is 3.78. The topological polar surface area (TPSA) is 61.4 Å². The summed E-state index contributed by atoms with van der Waals surface area (Å²) in [4.78, 5) is 23.3. The molecular formula is C16H17F2N5O. The molecule has 0 bridgehead atoms. The van der Waals surface area contributed by atoms with E-state index in [4.69, 9.17) is 0 Å². The molecule has 0 saturated carbocycles. The van der Waals surface area contributed by atoms with Crippen molar-refractivity contribution >= 4 is 23.9 Å². The van der Waals surface area contributed by atoms with E-state index in [-0.39, 0.29) is 0 Å². The van der Waals surface area contributed by atoms with Gasteiger partial charge in [0.15, 0.2) is 11.6 Å². The number of hydrogen-bond acceptors (Lipinski definition) is 5. The van der Waals surface area contributed by atoms with Crippen LogP contribution in [0.3, 0.4) is 0 Å². The summed E-state index contributed by atoms with van der Waals surface area (Å²) in [6.45, 7) is 4.36. The molecule has 24 heavy (non-hydrogen) atoms. The van der Waals surface area contributed by atoms with Crippen molar-refractivity contribution in [3.05, 3.63) is 41.6 Å². The molecule has 1 aromatic heterocycles. The van der Waals surface area contributed by atoms with Crippen LogP contribution in [-0.2, 0) is 4.79 Å². The van der Waals surface area contributed by atoms with Gasteiger partial charge in [0.1, 0.15) is 5.82 Å². The molecule has 0 aliphatic carbocycles. The fraction of sp³-hybridized carbons (Fsp3) is 0.312. The summed E-state index contributed by atoms with van der Waals surface area (Å²) in [7, 11) is 0. The molecule has 3 rings (SSSR count). The van der Waals surface area contributed by atoms with Gasteiger partial charge in [0, 0.05) is 49.7 Å². The average molecular weight is 333 g/mol. The van der Waals surface area contributed by atoms with Crippen LogP contribution in [0.15, 0.2) is 24.3 Å². The summed E-state index contributed by atoms with van der Waals surface area (Å²) in [5.41, 5.74) is 1.16. The summed E-state index contributed by atoms with van der Waals surface area (Å²) in [6.07, 6.45) is 0.838.